The summed E-state index contributed by atoms with van der Waals surface area (Å²) in [7, 11) is 2.10. The first kappa shape index (κ1) is 13.6. The summed E-state index contributed by atoms with van der Waals surface area (Å²) >= 11 is 3.72. The van der Waals surface area contributed by atoms with Crippen molar-refractivity contribution in [3.8, 4) is 0 Å². The van der Waals surface area contributed by atoms with Crippen LogP contribution in [0.4, 0.5) is 0 Å². The molecule has 0 spiro atoms. The molecule has 2 bridgehead atoms. The zero-order valence-electron chi connectivity index (χ0n) is 12.0. The van der Waals surface area contributed by atoms with Crippen molar-refractivity contribution in [2.75, 3.05) is 7.05 Å². The zero-order chi connectivity index (χ0) is 13.4. The molecular formula is C17H24BrN. The van der Waals surface area contributed by atoms with E-state index in [0.717, 1.165) is 17.8 Å². The van der Waals surface area contributed by atoms with Crippen molar-refractivity contribution in [1.82, 2.24) is 5.32 Å². The van der Waals surface area contributed by atoms with Crippen molar-refractivity contribution in [2.45, 2.75) is 45.1 Å². The van der Waals surface area contributed by atoms with E-state index in [4.69, 9.17) is 0 Å². The van der Waals surface area contributed by atoms with Gasteiger partial charge in [-0.2, -0.15) is 0 Å². The summed E-state index contributed by atoms with van der Waals surface area (Å²) < 4.78 is 1.25. The van der Waals surface area contributed by atoms with Crippen LogP contribution in [0.2, 0.25) is 0 Å². The van der Waals surface area contributed by atoms with Gasteiger partial charge in [0.15, 0.2) is 0 Å². The summed E-state index contributed by atoms with van der Waals surface area (Å²) in [6, 6.07) is 7.20. The molecule has 2 fully saturated rings. The average Bonchev–Trinajstić information content (AvgIpc) is 3.01. The van der Waals surface area contributed by atoms with Gasteiger partial charge in [0.1, 0.15) is 0 Å². The molecule has 0 amide bonds. The fourth-order valence-corrected chi connectivity index (χ4v) is 4.82. The molecule has 104 valence electrons. The molecule has 2 aliphatic carbocycles. The van der Waals surface area contributed by atoms with E-state index in [0.29, 0.717) is 6.04 Å². The molecule has 0 aliphatic heterocycles. The third-order valence-corrected chi connectivity index (χ3v) is 6.02. The maximum absolute atomic E-state index is 3.72. The number of hydrogen-bond donors (Lipinski definition) is 1. The molecule has 1 nitrogen and oxygen atoms in total. The van der Waals surface area contributed by atoms with Crippen LogP contribution in [0.5, 0.6) is 0 Å². The van der Waals surface area contributed by atoms with Crippen molar-refractivity contribution in [1.29, 1.82) is 0 Å². The molecule has 1 aromatic carbocycles. The minimum absolute atomic E-state index is 0.499. The largest absolute Gasteiger partial charge is 0.313 e. The standard InChI is InChI=1S/C17H24BrN/c1-11-3-6-16(18)15(7-11)17(19-2)10-14-9-12-4-5-13(14)8-12/h3,6-7,12-14,17,19H,4-5,8-10H2,1-2H3. The van der Waals surface area contributed by atoms with Gasteiger partial charge in [0.05, 0.1) is 0 Å². The number of halogens is 1. The van der Waals surface area contributed by atoms with Gasteiger partial charge in [-0.05, 0) is 69.0 Å². The lowest BCUT2D eigenvalue weighted by atomic mass is 9.82. The summed E-state index contributed by atoms with van der Waals surface area (Å²) in [4.78, 5) is 0. The molecule has 0 aromatic heterocycles. The van der Waals surface area contributed by atoms with Gasteiger partial charge in [0, 0.05) is 10.5 Å². The molecule has 2 aliphatic rings. The van der Waals surface area contributed by atoms with E-state index in [1.165, 1.54) is 47.7 Å². The van der Waals surface area contributed by atoms with Crippen molar-refractivity contribution in [3.63, 3.8) is 0 Å². The normalized spacial score (nSPS) is 30.8. The number of rotatable bonds is 4. The van der Waals surface area contributed by atoms with Gasteiger partial charge in [-0.3, -0.25) is 0 Å². The van der Waals surface area contributed by atoms with Crippen molar-refractivity contribution in [2.24, 2.45) is 17.8 Å². The van der Waals surface area contributed by atoms with Gasteiger partial charge in [-0.25, -0.2) is 0 Å². The lowest BCUT2D eigenvalue weighted by Gasteiger charge is -2.27. The molecule has 4 unspecified atom stereocenters. The molecule has 4 atom stereocenters. The van der Waals surface area contributed by atoms with Crippen molar-refractivity contribution < 1.29 is 0 Å². The van der Waals surface area contributed by atoms with Crippen LogP contribution in [0.3, 0.4) is 0 Å². The topological polar surface area (TPSA) is 12.0 Å². The van der Waals surface area contributed by atoms with Gasteiger partial charge in [0.2, 0.25) is 0 Å². The zero-order valence-corrected chi connectivity index (χ0v) is 13.5. The summed E-state index contributed by atoms with van der Waals surface area (Å²) in [5, 5.41) is 3.54. The molecule has 0 heterocycles. The van der Waals surface area contributed by atoms with E-state index in [1.807, 2.05) is 0 Å². The minimum Gasteiger partial charge on any atom is -0.313 e. The SMILES string of the molecule is CNC(CC1CC2CCC1C2)c1cc(C)ccc1Br. The lowest BCUT2D eigenvalue weighted by molar-refractivity contribution is 0.284. The highest BCUT2D eigenvalue weighted by molar-refractivity contribution is 9.10. The summed E-state index contributed by atoms with van der Waals surface area (Å²) in [6.45, 7) is 2.18. The Balaban J connectivity index is 1.75. The maximum atomic E-state index is 3.72. The van der Waals surface area contributed by atoms with Crippen LogP contribution in [0, 0.1) is 24.7 Å². The van der Waals surface area contributed by atoms with E-state index in [1.54, 1.807) is 0 Å². The van der Waals surface area contributed by atoms with Crippen molar-refractivity contribution in [3.05, 3.63) is 33.8 Å². The Bertz CT molecular complexity index is 457. The van der Waals surface area contributed by atoms with E-state index in [9.17, 15) is 0 Å². The first-order chi connectivity index (χ1) is 9.17. The minimum atomic E-state index is 0.499. The monoisotopic (exact) mass is 321 g/mol. The highest BCUT2D eigenvalue weighted by atomic mass is 79.9. The first-order valence-corrected chi connectivity index (χ1v) is 8.40. The molecule has 0 saturated heterocycles. The number of nitrogens with one attached hydrogen (secondary N) is 1. The Hall–Kier alpha value is -0.340. The predicted molar refractivity (Wildman–Crippen MR) is 84.2 cm³/mol. The highest BCUT2D eigenvalue weighted by Gasteiger charge is 2.40. The summed E-state index contributed by atoms with van der Waals surface area (Å²) in [5.74, 6) is 3.02. The van der Waals surface area contributed by atoms with Crippen LogP contribution in [0.25, 0.3) is 0 Å². The first-order valence-electron chi connectivity index (χ1n) is 7.60. The smallest absolute Gasteiger partial charge is 0.0331 e. The van der Waals surface area contributed by atoms with E-state index in [2.05, 4.69) is 53.4 Å². The molecule has 19 heavy (non-hydrogen) atoms. The summed E-state index contributed by atoms with van der Waals surface area (Å²) in [5.41, 5.74) is 2.79. The molecular weight excluding hydrogens is 298 g/mol. The van der Waals surface area contributed by atoms with Crippen LogP contribution in [-0.2, 0) is 0 Å². The van der Waals surface area contributed by atoms with Gasteiger partial charge in [0.25, 0.3) is 0 Å². The van der Waals surface area contributed by atoms with Crippen LogP contribution >= 0.6 is 15.9 Å². The maximum Gasteiger partial charge on any atom is 0.0331 e. The Morgan fingerprint density at radius 1 is 1.32 bits per heavy atom. The second-order valence-corrected chi connectivity index (χ2v) is 7.39. The fourth-order valence-electron chi connectivity index (χ4n) is 4.30. The van der Waals surface area contributed by atoms with E-state index < -0.39 is 0 Å². The second-order valence-electron chi connectivity index (χ2n) is 6.54. The van der Waals surface area contributed by atoms with E-state index >= 15 is 0 Å². The Kier molecular flexibility index (Phi) is 4.00. The quantitative estimate of drug-likeness (QED) is 0.836. The number of hydrogen-bond acceptors (Lipinski definition) is 1. The third-order valence-electron chi connectivity index (χ3n) is 5.30. The Labute approximate surface area is 125 Å². The third kappa shape index (κ3) is 2.75. The van der Waals surface area contributed by atoms with Gasteiger partial charge in [-0.1, -0.05) is 40.0 Å². The fraction of sp³-hybridized carbons (Fsp3) is 0.647. The molecule has 0 radical (unpaired) electrons. The van der Waals surface area contributed by atoms with Gasteiger partial charge >= 0.3 is 0 Å². The Morgan fingerprint density at radius 3 is 2.79 bits per heavy atom. The molecule has 2 saturated carbocycles. The van der Waals surface area contributed by atoms with Gasteiger partial charge in [-0.15, -0.1) is 0 Å². The van der Waals surface area contributed by atoms with Crippen LogP contribution in [-0.4, -0.2) is 7.05 Å². The number of benzene rings is 1. The lowest BCUT2D eigenvalue weighted by Crippen LogP contribution is -2.23. The molecule has 1 aromatic rings. The molecule has 2 heteroatoms. The summed E-state index contributed by atoms with van der Waals surface area (Å²) in [6.07, 6.45) is 7.28. The average molecular weight is 322 g/mol. The highest BCUT2D eigenvalue weighted by Crippen LogP contribution is 2.51. The predicted octanol–water partition coefficient (Wildman–Crippen LogP) is 4.84. The number of fused-ring (bicyclic) bond motifs is 2. The second kappa shape index (κ2) is 5.57. The van der Waals surface area contributed by atoms with Crippen LogP contribution in [0.15, 0.2) is 22.7 Å². The molecule has 1 N–H and O–H groups in total. The van der Waals surface area contributed by atoms with Crippen LogP contribution in [0.1, 0.15) is 49.3 Å². The Morgan fingerprint density at radius 2 is 2.16 bits per heavy atom. The van der Waals surface area contributed by atoms with E-state index in [-0.39, 0.29) is 0 Å². The van der Waals surface area contributed by atoms with Gasteiger partial charge < -0.3 is 5.32 Å². The van der Waals surface area contributed by atoms with Crippen LogP contribution < -0.4 is 5.32 Å². The van der Waals surface area contributed by atoms with Crippen molar-refractivity contribution >= 4 is 15.9 Å². The molecule has 3 rings (SSSR count). The number of aryl methyl sites for hydroxylation is 1.